The molecule has 0 unspecified atom stereocenters. The highest BCUT2D eigenvalue weighted by Gasteiger charge is 2.18. The molecule has 0 aromatic carbocycles. The van der Waals surface area contributed by atoms with Gasteiger partial charge in [0.1, 0.15) is 6.73 Å². The normalized spacial score (nSPS) is 18.7. The van der Waals surface area contributed by atoms with Crippen LogP contribution in [0.5, 0.6) is 0 Å². The van der Waals surface area contributed by atoms with Crippen LogP contribution in [0.4, 0.5) is 0 Å². The highest BCUT2D eigenvalue weighted by Crippen LogP contribution is 2.26. The van der Waals surface area contributed by atoms with Gasteiger partial charge in [0.05, 0.1) is 6.61 Å². The van der Waals surface area contributed by atoms with Crippen molar-refractivity contribution in [2.75, 3.05) is 13.3 Å². The first kappa shape index (κ1) is 13.4. The minimum atomic E-state index is 0.512. The van der Waals surface area contributed by atoms with Crippen molar-refractivity contribution in [1.82, 2.24) is 0 Å². The summed E-state index contributed by atoms with van der Waals surface area (Å²) in [5.74, 6) is 0.737. The quantitative estimate of drug-likeness (QED) is 0.363. The molecule has 92 valence electrons. The van der Waals surface area contributed by atoms with Crippen molar-refractivity contribution in [3.05, 3.63) is 12.7 Å². The lowest BCUT2D eigenvalue weighted by Gasteiger charge is -2.23. The smallest absolute Gasteiger partial charge is 0.137 e. The predicted molar refractivity (Wildman–Crippen MR) is 69.9 cm³/mol. The lowest BCUT2D eigenvalue weighted by atomic mass is 9.84. The number of rotatable bonds is 7. The monoisotopic (exact) mass is 223 g/mol. The van der Waals surface area contributed by atoms with E-state index in [9.17, 15) is 0 Å². The maximum Gasteiger partial charge on any atom is 0.137 e. The number of aliphatic imine (C=N–C) groups is 1. The molecule has 0 aliphatic heterocycles. The molecule has 0 aromatic heterocycles. The molecule has 0 saturated heterocycles. The Balaban J connectivity index is 2.40. The van der Waals surface area contributed by atoms with Gasteiger partial charge in [-0.2, -0.15) is 0 Å². The molecule has 1 rings (SSSR count). The van der Waals surface area contributed by atoms with Gasteiger partial charge in [-0.05, 0) is 25.2 Å². The second-order valence-corrected chi connectivity index (χ2v) is 4.52. The SMILES string of the molecule is C=CCOCN=C(CCC)C1CCCCC1. The fourth-order valence-electron chi connectivity index (χ4n) is 2.37. The minimum absolute atomic E-state index is 0.512. The molecule has 0 bridgehead atoms. The molecule has 2 nitrogen and oxygen atoms in total. The maximum atomic E-state index is 5.34. The Kier molecular flexibility index (Phi) is 7.15. The van der Waals surface area contributed by atoms with Crippen molar-refractivity contribution >= 4 is 5.71 Å². The highest BCUT2D eigenvalue weighted by atomic mass is 16.5. The van der Waals surface area contributed by atoms with Crippen molar-refractivity contribution < 1.29 is 4.74 Å². The van der Waals surface area contributed by atoms with Crippen LogP contribution in [0.2, 0.25) is 0 Å². The van der Waals surface area contributed by atoms with Crippen LogP contribution in [0, 0.1) is 5.92 Å². The molecule has 2 heteroatoms. The summed E-state index contributed by atoms with van der Waals surface area (Å²) >= 11 is 0. The van der Waals surface area contributed by atoms with Crippen molar-refractivity contribution in [3.63, 3.8) is 0 Å². The van der Waals surface area contributed by atoms with E-state index in [0.717, 1.165) is 12.3 Å². The van der Waals surface area contributed by atoms with Gasteiger partial charge >= 0.3 is 0 Å². The van der Waals surface area contributed by atoms with Gasteiger partial charge in [0.25, 0.3) is 0 Å². The van der Waals surface area contributed by atoms with E-state index in [1.165, 1.54) is 44.2 Å². The molecule has 16 heavy (non-hydrogen) atoms. The first-order valence-corrected chi connectivity index (χ1v) is 6.60. The number of hydrogen-bond donors (Lipinski definition) is 0. The van der Waals surface area contributed by atoms with Gasteiger partial charge in [-0.25, -0.2) is 0 Å². The van der Waals surface area contributed by atoms with E-state index < -0.39 is 0 Å². The van der Waals surface area contributed by atoms with Gasteiger partial charge in [0.2, 0.25) is 0 Å². The van der Waals surface area contributed by atoms with Gasteiger partial charge in [0.15, 0.2) is 0 Å². The summed E-state index contributed by atoms with van der Waals surface area (Å²) in [7, 11) is 0. The average molecular weight is 223 g/mol. The van der Waals surface area contributed by atoms with Crippen LogP contribution in [0.25, 0.3) is 0 Å². The number of ether oxygens (including phenoxy) is 1. The Morgan fingerprint density at radius 3 is 2.75 bits per heavy atom. The third kappa shape index (κ3) is 4.93. The van der Waals surface area contributed by atoms with Crippen molar-refractivity contribution in [2.24, 2.45) is 10.9 Å². The van der Waals surface area contributed by atoms with Crippen LogP contribution >= 0.6 is 0 Å². The first-order chi connectivity index (χ1) is 7.88. The van der Waals surface area contributed by atoms with E-state index in [0.29, 0.717) is 13.3 Å². The molecule has 0 atom stereocenters. The van der Waals surface area contributed by atoms with E-state index in [1.807, 2.05) is 0 Å². The zero-order valence-corrected chi connectivity index (χ0v) is 10.6. The maximum absolute atomic E-state index is 5.34. The lowest BCUT2D eigenvalue weighted by Crippen LogP contribution is -2.18. The van der Waals surface area contributed by atoms with Crippen LogP contribution in [0.15, 0.2) is 17.6 Å². The summed E-state index contributed by atoms with van der Waals surface area (Å²) in [5, 5.41) is 0. The van der Waals surface area contributed by atoms with Gasteiger partial charge in [-0.1, -0.05) is 38.7 Å². The molecular formula is C14H25NO. The third-order valence-electron chi connectivity index (χ3n) is 3.18. The Bertz CT molecular complexity index is 217. The fraction of sp³-hybridized carbons (Fsp3) is 0.786. The highest BCUT2D eigenvalue weighted by molar-refractivity contribution is 5.86. The Labute approximate surface area is 99.8 Å². The lowest BCUT2D eigenvalue weighted by molar-refractivity contribution is 0.171. The van der Waals surface area contributed by atoms with Crippen molar-refractivity contribution in [3.8, 4) is 0 Å². The standard InChI is InChI=1S/C14H25NO/c1-3-8-14(15-12-16-11-4-2)13-9-6-5-7-10-13/h4,13H,2-3,5-12H2,1H3. The molecule has 0 spiro atoms. The van der Waals surface area contributed by atoms with Gasteiger partial charge in [-0.3, -0.25) is 4.99 Å². The molecule has 1 aliphatic carbocycles. The van der Waals surface area contributed by atoms with E-state index in [2.05, 4.69) is 18.5 Å². The average Bonchev–Trinajstić information content (AvgIpc) is 2.34. The summed E-state index contributed by atoms with van der Waals surface area (Å²) < 4.78 is 5.34. The van der Waals surface area contributed by atoms with E-state index in [4.69, 9.17) is 4.74 Å². The summed E-state index contributed by atoms with van der Waals surface area (Å²) in [6.45, 7) is 6.97. The van der Waals surface area contributed by atoms with Crippen molar-refractivity contribution in [2.45, 2.75) is 51.9 Å². The summed E-state index contributed by atoms with van der Waals surface area (Å²) in [4.78, 5) is 4.62. The van der Waals surface area contributed by atoms with Crippen LogP contribution in [0.1, 0.15) is 51.9 Å². The molecule has 1 fully saturated rings. The fourth-order valence-corrected chi connectivity index (χ4v) is 2.37. The third-order valence-corrected chi connectivity index (χ3v) is 3.18. The Morgan fingerprint density at radius 2 is 2.12 bits per heavy atom. The largest absolute Gasteiger partial charge is 0.355 e. The second kappa shape index (κ2) is 8.51. The van der Waals surface area contributed by atoms with Crippen LogP contribution in [0.3, 0.4) is 0 Å². The zero-order valence-electron chi connectivity index (χ0n) is 10.6. The summed E-state index contributed by atoms with van der Waals surface area (Å²) in [5.41, 5.74) is 1.39. The number of nitrogens with zero attached hydrogens (tertiary/aromatic N) is 1. The van der Waals surface area contributed by atoms with Gasteiger partial charge < -0.3 is 4.74 Å². The molecule has 1 saturated carbocycles. The molecule has 0 heterocycles. The first-order valence-electron chi connectivity index (χ1n) is 6.60. The van der Waals surface area contributed by atoms with Gasteiger partial charge in [0, 0.05) is 5.71 Å². The predicted octanol–water partition coefficient (Wildman–Crippen LogP) is 3.97. The van der Waals surface area contributed by atoms with Crippen LogP contribution in [-0.2, 0) is 4.74 Å². The molecule has 0 radical (unpaired) electrons. The van der Waals surface area contributed by atoms with E-state index in [-0.39, 0.29) is 0 Å². The van der Waals surface area contributed by atoms with Crippen molar-refractivity contribution in [1.29, 1.82) is 0 Å². The van der Waals surface area contributed by atoms with Crippen LogP contribution < -0.4 is 0 Å². The molecule has 0 N–H and O–H groups in total. The molecule has 0 aromatic rings. The summed E-state index contributed by atoms with van der Waals surface area (Å²) in [6, 6.07) is 0. The topological polar surface area (TPSA) is 21.6 Å². The van der Waals surface area contributed by atoms with E-state index >= 15 is 0 Å². The van der Waals surface area contributed by atoms with Crippen LogP contribution in [-0.4, -0.2) is 19.0 Å². The summed E-state index contributed by atoms with van der Waals surface area (Å²) in [6.07, 6.45) is 10.9. The minimum Gasteiger partial charge on any atom is -0.355 e. The molecule has 0 amide bonds. The van der Waals surface area contributed by atoms with E-state index in [1.54, 1.807) is 6.08 Å². The zero-order chi connectivity index (χ0) is 11.6. The molecule has 1 aliphatic rings. The second-order valence-electron chi connectivity index (χ2n) is 4.52. The van der Waals surface area contributed by atoms with Gasteiger partial charge in [-0.15, -0.1) is 6.58 Å². The Morgan fingerprint density at radius 1 is 1.38 bits per heavy atom. The number of hydrogen-bond acceptors (Lipinski definition) is 2. The Hall–Kier alpha value is -0.630. The molecular weight excluding hydrogens is 198 g/mol.